The molecule has 1 aliphatic heterocycles. The van der Waals surface area contributed by atoms with E-state index in [-0.39, 0.29) is 5.78 Å². The molecule has 4 rings (SSSR count). The summed E-state index contributed by atoms with van der Waals surface area (Å²) in [5.74, 6) is -1.42. The van der Waals surface area contributed by atoms with Crippen molar-refractivity contribution >= 4 is 29.0 Å². The number of anilines is 1. The molecule has 4 nitrogen and oxygen atoms in total. The first kappa shape index (κ1) is 18.1. The summed E-state index contributed by atoms with van der Waals surface area (Å²) in [7, 11) is 0. The van der Waals surface area contributed by atoms with Gasteiger partial charge in [-0.05, 0) is 73.6 Å². The smallest absolute Gasteiger partial charge is 0.322 e. The molecule has 1 saturated heterocycles. The van der Waals surface area contributed by atoms with Gasteiger partial charge in [0.25, 0.3) is 0 Å². The molecule has 2 fully saturated rings. The van der Waals surface area contributed by atoms with E-state index < -0.39 is 17.5 Å². The fourth-order valence-electron chi connectivity index (χ4n) is 4.30. The first-order valence-electron chi connectivity index (χ1n) is 9.34. The van der Waals surface area contributed by atoms with E-state index in [1.165, 1.54) is 0 Å². The maximum Gasteiger partial charge on any atom is 0.322 e. The van der Waals surface area contributed by atoms with Gasteiger partial charge in [0, 0.05) is 16.3 Å². The molecule has 2 aromatic rings. The Morgan fingerprint density at radius 2 is 1.74 bits per heavy atom. The van der Waals surface area contributed by atoms with Gasteiger partial charge in [-0.15, -0.1) is 0 Å². The van der Waals surface area contributed by atoms with Crippen LogP contribution in [0, 0.1) is 6.92 Å². The summed E-state index contributed by atoms with van der Waals surface area (Å²) in [6, 6.07) is 11.1. The number of rotatable bonds is 2. The van der Waals surface area contributed by atoms with Gasteiger partial charge in [-0.2, -0.15) is 0 Å². The van der Waals surface area contributed by atoms with E-state index in [9.17, 15) is 9.59 Å². The van der Waals surface area contributed by atoms with Crippen LogP contribution in [0.15, 0.2) is 36.4 Å². The Balaban J connectivity index is 1.72. The summed E-state index contributed by atoms with van der Waals surface area (Å²) in [6.45, 7) is 1.90. The van der Waals surface area contributed by atoms with Crippen molar-refractivity contribution < 1.29 is 14.3 Å². The van der Waals surface area contributed by atoms with Gasteiger partial charge in [0.1, 0.15) is 5.92 Å². The number of carbonyl (C=O) groups is 2. The van der Waals surface area contributed by atoms with Gasteiger partial charge < -0.3 is 10.5 Å². The van der Waals surface area contributed by atoms with Crippen molar-refractivity contribution in [2.45, 2.75) is 50.5 Å². The molecule has 1 saturated carbocycles. The monoisotopic (exact) mass is 383 g/mol. The molecular weight excluding hydrogens is 362 g/mol. The fourth-order valence-corrected chi connectivity index (χ4v) is 4.58. The topological polar surface area (TPSA) is 69.4 Å². The first-order valence-corrected chi connectivity index (χ1v) is 9.72. The summed E-state index contributed by atoms with van der Waals surface area (Å²) in [5, 5.41) is 0.505. The lowest BCUT2D eigenvalue weighted by molar-refractivity contribution is -0.154. The molecule has 0 bridgehead atoms. The molecule has 1 spiro atoms. The molecule has 0 aromatic heterocycles. The van der Waals surface area contributed by atoms with Gasteiger partial charge in [0.15, 0.2) is 11.4 Å². The van der Waals surface area contributed by atoms with Crippen molar-refractivity contribution in [3.63, 3.8) is 0 Å². The Hall–Kier alpha value is -2.33. The highest BCUT2D eigenvalue weighted by atomic mass is 35.5. The molecule has 1 atom stereocenters. The number of hydrogen-bond donors (Lipinski definition) is 1. The number of nitrogens with two attached hydrogens (primary N) is 1. The average molecular weight is 384 g/mol. The minimum absolute atomic E-state index is 0.105. The van der Waals surface area contributed by atoms with Gasteiger partial charge in [-0.1, -0.05) is 30.2 Å². The van der Waals surface area contributed by atoms with Gasteiger partial charge in [-0.25, -0.2) is 0 Å². The van der Waals surface area contributed by atoms with E-state index in [0.717, 1.165) is 36.0 Å². The summed E-state index contributed by atoms with van der Waals surface area (Å²) < 4.78 is 5.65. The highest BCUT2D eigenvalue weighted by Gasteiger charge is 2.55. The van der Waals surface area contributed by atoms with Gasteiger partial charge in [0.05, 0.1) is 0 Å². The minimum atomic E-state index is -0.922. The number of aryl methyl sites for hydroxylation is 1. The van der Waals surface area contributed by atoms with Crippen LogP contribution in [0.3, 0.4) is 0 Å². The Labute approximate surface area is 163 Å². The normalized spacial score (nSPS) is 21.5. The van der Waals surface area contributed by atoms with Crippen LogP contribution in [-0.4, -0.2) is 17.4 Å². The fraction of sp³-hybridized carbons (Fsp3) is 0.364. The Morgan fingerprint density at radius 3 is 2.41 bits per heavy atom. The summed E-state index contributed by atoms with van der Waals surface area (Å²) in [6.07, 6.45) is 4.18. The van der Waals surface area contributed by atoms with Gasteiger partial charge in [0.2, 0.25) is 0 Å². The van der Waals surface area contributed by atoms with Crippen LogP contribution in [0.1, 0.15) is 49.1 Å². The number of benzene rings is 2. The first-order chi connectivity index (χ1) is 12.9. The summed E-state index contributed by atoms with van der Waals surface area (Å²) >= 11 is 6.53. The average Bonchev–Trinajstić information content (AvgIpc) is 2.88. The molecular formula is C22H22ClNO3. The molecule has 27 heavy (non-hydrogen) atoms. The van der Waals surface area contributed by atoms with Crippen molar-refractivity contribution in [3.05, 3.63) is 52.5 Å². The van der Waals surface area contributed by atoms with Crippen LogP contribution >= 0.6 is 11.6 Å². The van der Waals surface area contributed by atoms with E-state index in [1.54, 1.807) is 6.07 Å². The number of nitrogen functional groups attached to an aromatic ring is 1. The van der Waals surface area contributed by atoms with Crippen LogP contribution in [0.4, 0.5) is 5.69 Å². The predicted molar refractivity (Wildman–Crippen MR) is 106 cm³/mol. The number of ketones is 1. The Bertz CT molecular complexity index is 914. The van der Waals surface area contributed by atoms with Crippen LogP contribution in [0.5, 0.6) is 0 Å². The predicted octanol–water partition coefficient (Wildman–Crippen LogP) is 4.81. The van der Waals surface area contributed by atoms with Crippen molar-refractivity contribution in [3.8, 4) is 11.1 Å². The second kappa shape index (κ2) is 6.68. The van der Waals surface area contributed by atoms with E-state index in [0.29, 0.717) is 29.1 Å². The highest BCUT2D eigenvalue weighted by molar-refractivity contribution is 6.33. The quantitative estimate of drug-likeness (QED) is 0.459. The van der Waals surface area contributed by atoms with Crippen molar-refractivity contribution in [2.24, 2.45) is 0 Å². The van der Waals surface area contributed by atoms with Crippen molar-refractivity contribution in [1.29, 1.82) is 0 Å². The zero-order valence-electron chi connectivity index (χ0n) is 15.3. The Kier molecular flexibility index (Phi) is 4.47. The second-order valence-electron chi connectivity index (χ2n) is 7.58. The zero-order chi connectivity index (χ0) is 19.2. The van der Waals surface area contributed by atoms with Crippen molar-refractivity contribution in [1.82, 2.24) is 0 Å². The molecule has 1 unspecified atom stereocenters. The SMILES string of the molecule is Cc1cc(-c2ccc(N)cc2)c(Cl)cc1C1C(=O)OC2(CCCCC2)C1=O. The standard InChI is InChI=1S/C22H22ClNO3/c1-13-11-17(14-5-7-15(24)8-6-14)18(23)12-16(13)19-20(25)22(27-21(19)26)9-3-2-4-10-22/h5-8,11-12,19H,2-4,9-10,24H2,1H3. The number of Topliss-reactive ketones (excluding diaryl/α,β-unsaturated/α-hetero) is 1. The molecule has 2 N–H and O–H groups in total. The molecule has 140 valence electrons. The van der Waals surface area contributed by atoms with E-state index >= 15 is 0 Å². The van der Waals surface area contributed by atoms with Crippen LogP contribution in [0.25, 0.3) is 11.1 Å². The van der Waals surface area contributed by atoms with Crippen LogP contribution in [-0.2, 0) is 14.3 Å². The largest absolute Gasteiger partial charge is 0.450 e. The minimum Gasteiger partial charge on any atom is -0.450 e. The lowest BCUT2D eigenvalue weighted by Gasteiger charge is -2.29. The van der Waals surface area contributed by atoms with E-state index in [2.05, 4.69) is 0 Å². The molecule has 5 heteroatoms. The van der Waals surface area contributed by atoms with E-state index in [1.807, 2.05) is 37.3 Å². The van der Waals surface area contributed by atoms with Crippen LogP contribution < -0.4 is 5.73 Å². The Morgan fingerprint density at radius 1 is 1.07 bits per heavy atom. The molecule has 1 aliphatic carbocycles. The lowest BCUT2D eigenvalue weighted by Crippen LogP contribution is -2.39. The van der Waals surface area contributed by atoms with Gasteiger partial charge >= 0.3 is 5.97 Å². The third-order valence-corrected chi connectivity index (χ3v) is 6.11. The number of carbonyl (C=O) groups excluding carboxylic acids is 2. The van der Waals surface area contributed by atoms with E-state index in [4.69, 9.17) is 22.1 Å². The summed E-state index contributed by atoms with van der Waals surface area (Å²) in [5.41, 5.74) is 8.81. The zero-order valence-corrected chi connectivity index (χ0v) is 16.0. The maximum atomic E-state index is 13.1. The number of ether oxygens (including phenoxy) is 1. The van der Waals surface area contributed by atoms with Crippen molar-refractivity contribution in [2.75, 3.05) is 5.73 Å². The van der Waals surface area contributed by atoms with Crippen LogP contribution in [0.2, 0.25) is 5.02 Å². The maximum absolute atomic E-state index is 13.1. The molecule has 1 heterocycles. The number of halogens is 1. The highest BCUT2D eigenvalue weighted by Crippen LogP contribution is 2.45. The molecule has 0 amide bonds. The third kappa shape index (κ3) is 3.02. The summed E-state index contributed by atoms with van der Waals surface area (Å²) in [4.78, 5) is 25.8. The molecule has 2 aromatic carbocycles. The van der Waals surface area contributed by atoms with Gasteiger partial charge in [-0.3, -0.25) is 9.59 Å². The molecule has 0 radical (unpaired) electrons. The third-order valence-electron chi connectivity index (χ3n) is 5.79. The second-order valence-corrected chi connectivity index (χ2v) is 7.99. The molecule has 2 aliphatic rings. The lowest BCUT2D eigenvalue weighted by atomic mass is 9.77. The number of hydrogen-bond acceptors (Lipinski definition) is 4. The number of esters is 1.